The first-order valence-corrected chi connectivity index (χ1v) is 11.5. The van der Waals surface area contributed by atoms with Gasteiger partial charge in [-0.2, -0.15) is 0 Å². The second kappa shape index (κ2) is 9.36. The van der Waals surface area contributed by atoms with Gasteiger partial charge in [0.05, 0.1) is 37.4 Å². The van der Waals surface area contributed by atoms with Gasteiger partial charge in [0.25, 0.3) is 0 Å². The van der Waals surface area contributed by atoms with Crippen molar-refractivity contribution in [3.63, 3.8) is 0 Å². The van der Waals surface area contributed by atoms with E-state index in [1.54, 1.807) is 12.4 Å². The lowest BCUT2D eigenvalue weighted by Gasteiger charge is -2.40. The maximum Gasteiger partial charge on any atom is 0.315 e. The molecule has 9 heteroatoms. The fourth-order valence-electron chi connectivity index (χ4n) is 4.97. The Morgan fingerprint density at radius 3 is 3.03 bits per heavy atom. The van der Waals surface area contributed by atoms with Gasteiger partial charge in [0.1, 0.15) is 0 Å². The molecule has 3 aliphatic rings. The number of hydrogen-bond donors (Lipinski definition) is 4. The maximum absolute atomic E-state index is 12.7. The van der Waals surface area contributed by atoms with Crippen molar-refractivity contribution in [2.45, 2.75) is 50.1 Å². The van der Waals surface area contributed by atoms with Crippen LogP contribution in [0, 0.1) is 0 Å². The number of hydrogen-bond acceptors (Lipinski definition) is 6. The van der Waals surface area contributed by atoms with Crippen LogP contribution in [0.3, 0.4) is 0 Å². The number of fused-ring (bicyclic) bond motifs is 4. The van der Waals surface area contributed by atoms with Gasteiger partial charge in [-0.05, 0) is 42.2 Å². The highest BCUT2D eigenvalue weighted by molar-refractivity contribution is 5.84. The SMILES string of the molecule is O=C(NCC(=O)N1CCCC1c1cccnc1)NCc1ccc2c(c1)[C@H]1CC(N2)[C@H](O)CO1. The highest BCUT2D eigenvalue weighted by Gasteiger charge is 2.36. The van der Waals surface area contributed by atoms with Crippen LogP contribution in [0.4, 0.5) is 10.5 Å². The van der Waals surface area contributed by atoms with Crippen LogP contribution in [0.2, 0.25) is 0 Å². The van der Waals surface area contributed by atoms with Crippen LogP contribution in [0.25, 0.3) is 0 Å². The van der Waals surface area contributed by atoms with Crippen LogP contribution in [0.5, 0.6) is 0 Å². The number of urea groups is 1. The minimum atomic E-state index is -0.498. The second-order valence-electron chi connectivity index (χ2n) is 8.87. The number of pyridine rings is 1. The minimum Gasteiger partial charge on any atom is -0.389 e. The number of likely N-dealkylation sites (tertiary alicyclic amines) is 1. The van der Waals surface area contributed by atoms with E-state index in [9.17, 15) is 14.7 Å². The van der Waals surface area contributed by atoms with Crippen molar-refractivity contribution in [2.75, 3.05) is 25.0 Å². The lowest BCUT2D eigenvalue weighted by Crippen LogP contribution is -2.46. The number of rotatable bonds is 5. The Morgan fingerprint density at radius 2 is 2.18 bits per heavy atom. The van der Waals surface area contributed by atoms with Crippen molar-refractivity contribution in [3.8, 4) is 0 Å². The summed E-state index contributed by atoms with van der Waals surface area (Å²) in [6.07, 6.45) is 5.54. The van der Waals surface area contributed by atoms with E-state index in [2.05, 4.69) is 20.9 Å². The van der Waals surface area contributed by atoms with Gasteiger partial charge in [-0.15, -0.1) is 0 Å². The number of aromatic nitrogens is 1. The van der Waals surface area contributed by atoms with E-state index in [0.717, 1.165) is 41.6 Å². The molecule has 4 N–H and O–H groups in total. The highest BCUT2D eigenvalue weighted by atomic mass is 16.5. The number of aliphatic hydroxyl groups excluding tert-OH is 1. The Bertz CT molecular complexity index is 1020. The van der Waals surface area contributed by atoms with Gasteiger partial charge >= 0.3 is 6.03 Å². The quantitative estimate of drug-likeness (QED) is 0.552. The van der Waals surface area contributed by atoms with Crippen LogP contribution < -0.4 is 16.0 Å². The molecule has 2 fully saturated rings. The molecule has 2 bridgehead atoms. The standard InChI is InChI=1S/C24H29N5O4/c30-21-14-33-22-10-19(21)28-18-6-5-15(9-17(18)22)11-26-24(32)27-13-23(31)29-8-2-4-20(29)16-3-1-7-25-12-16/h1,3,5-7,9,12,19-22,28,30H,2,4,8,10-11,13-14H2,(H2,26,27,32)/t19?,20?,21-,22-/m1/s1. The zero-order chi connectivity index (χ0) is 22.8. The van der Waals surface area contributed by atoms with Gasteiger partial charge in [0, 0.05) is 43.2 Å². The fourth-order valence-corrected chi connectivity index (χ4v) is 4.97. The van der Waals surface area contributed by atoms with Crippen LogP contribution in [-0.2, 0) is 16.1 Å². The minimum absolute atomic E-state index is 0.0110. The number of benzene rings is 1. The van der Waals surface area contributed by atoms with Gasteiger partial charge in [-0.1, -0.05) is 12.1 Å². The van der Waals surface area contributed by atoms with Crippen LogP contribution >= 0.6 is 0 Å². The second-order valence-corrected chi connectivity index (χ2v) is 8.87. The molecule has 4 atom stereocenters. The molecule has 3 aliphatic heterocycles. The van der Waals surface area contributed by atoms with Crippen molar-refractivity contribution < 1.29 is 19.4 Å². The lowest BCUT2D eigenvalue weighted by atomic mass is 9.89. The van der Waals surface area contributed by atoms with Gasteiger partial charge in [0.15, 0.2) is 0 Å². The summed E-state index contributed by atoms with van der Waals surface area (Å²) in [5.41, 5.74) is 3.98. The molecular formula is C24H29N5O4. The van der Waals surface area contributed by atoms with E-state index >= 15 is 0 Å². The van der Waals surface area contributed by atoms with E-state index in [0.29, 0.717) is 19.7 Å². The maximum atomic E-state index is 12.7. The Balaban J connectivity index is 1.12. The number of amides is 3. The van der Waals surface area contributed by atoms with Gasteiger partial charge in [-0.25, -0.2) is 4.79 Å². The van der Waals surface area contributed by atoms with E-state index < -0.39 is 6.10 Å². The van der Waals surface area contributed by atoms with Crippen LogP contribution in [-0.4, -0.2) is 58.8 Å². The number of anilines is 1. The van der Waals surface area contributed by atoms with Gasteiger partial charge in [-0.3, -0.25) is 9.78 Å². The molecule has 5 rings (SSSR count). The highest BCUT2D eigenvalue weighted by Crippen LogP contribution is 2.39. The summed E-state index contributed by atoms with van der Waals surface area (Å²) in [6.45, 7) is 1.30. The molecular weight excluding hydrogens is 422 g/mol. The fraction of sp³-hybridized carbons (Fsp3) is 0.458. The zero-order valence-electron chi connectivity index (χ0n) is 18.4. The van der Waals surface area contributed by atoms with Crippen LogP contribution in [0.15, 0.2) is 42.7 Å². The Morgan fingerprint density at radius 1 is 1.27 bits per heavy atom. The summed E-state index contributed by atoms with van der Waals surface area (Å²) < 4.78 is 5.79. The van der Waals surface area contributed by atoms with E-state index in [1.807, 2.05) is 35.2 Å². The van der Waals surface area contributed by atoms with Gasteiger partial charge < -0.3 is 30.7 Å². The molecule has 0 aliphatic carbocycles. The molecule has 1 aromatic carbocycles. The summed E-state index contributed by atoms with van der Waals surface area (Å²) in [5, 5.41) is 18.9. The molecule has 2 unspecified atom stereocenters. The molecule has 33 heavy (non-hydrogen) atoms. The number of ether oxygens (including phenoxy) is 1. The summed E-state index contributed by atoms with van der Waals surface area (Å²) in [5.74, 6) is -0.0949. The Hall–Kier alpha value is -3.17. The first kappa shape index (κ1) is 21.7. The number of carbonyl (C=O) groups is 2. The Labute approximate surface area is 192 Å². The number of nitrogens with one attached hydrogen (secondary N) is 3. The van der Waals surface area contributed by atoms with E-state index in [-0.39, 0.29) is 36.7 Å². The zero-order valence-corrected chi connectivity index (χ0v) is 18.4. The Kier molecular flexibility index (Phi) is 6.15. The third-order valence-electron chi connectivity index (χ3n) is 6.70. The third kappa shape index (κ3) is 4.65. The number of aliphatic hydroxyl groups is 1. The predicted molar refractivity (Wildman–Crippen MR) is 121 cm³/mol. The van der Waals surface area contributed by atoms with Crippen molar-refractivity contribution in [1.82, 2.24) is 20.5 Å². The van der Waals surface area contributed by atoms with Gasteiger partial charge in [0.2, 0.25) is 5.91 Å². The molecule has 0 saturated carbocycles. The molecule has 1 aromatic heterocycles. The van der Waals surface area contributed by atoms with E-state index in [4.69, 9.17) is 4.74 Å². The number of carbonyl (C=O) groups excluding carboxylic acids is 2. The molecule has 0 radical (unpaired) electrons. The molecule has 2 saturated heterocycles. The normalized spacial score (nSPS) is 25.7. The molecule has 9 nitrogen and oxygen atoms in total. The lowest BCUT2D eigenvalue weighted by molar-refractivity contribution is -0.131. The average molecular weight is 452 g/mol. The topological polar surface area (TPSA) is 116 Å². The third-order valence-corrected chi connectivity index (χ3v) is 6.70. The molecule has 0 spiro atoms. The summed E-state index contributed by atoms with van der Waals surface area (Å²) >= 11 is 0. The van der Waals surface area contributed by atoms with Crippen molar-refractivity contribution >= 4 is 17.6 Å². The molecule has 2 aromatic rings. The summed E-state index contributed by atoms with van der Waals surface area (Å²) in [6, 6.07) is 9.43. The van der Waals surface area contributed by atoms with Crippen LogP contribution in [0.1, 0.15) is 48.1 Å². The molecule has 3 amide bonds. The first-order chi connectivity index (χ1) is 16.1. The average Bonchev–Trinajstić information content (AvgIpc) is 3.34. The van der Waals surface area contributed by atoms with E-state index in [1.165, 1.54) is 0 Å². The smallest absolute Gasteiger partial charge is 0.315 e. The molecule has 4 heterocycles. The monoisotopic (exact) mass is 451 g/mol. The summed E-state index contributed by atoms with van der Waals surface area (Å²) in [4.78, 5) is 31.0. The predicted octanol–water partition coefficient (Wildman–Crippen LogP) is 1.86. The summed E-state index contributed by atoms with van der Waals surface area (Å²) in [7, 11) is 0. The largest absolute Gasteiger partial charge is 0.389 e. The first-order valence-electron chi connectivity index (χ1n) is 11.5. The molecule has 174 valence electrons. The number of nitrogens with zero attached hydrogens (tertiary/aromatic N) is 2. The van der Waals surface area contributed by atoms with Crippen molar-refractivity contribution in [3.05, 3.63) is 59.4 Å². The van der Waals surface area contributed by atoms with Crippen molar-refractivity contribution in [1.29, 1.82) is 0 Å². The van der Waals surface area contributed by atoms with Crippen molar-refractivity contribution in [2.24, 2.45) is 0 Å².